The summed E-state index contributed by atoms with van der Waals surface area (Å²) in [5.74, 6) is 0.864. The van der Waals surface area contributed by atoms with Crippen molar-refractivity contribution in [3.8, 4) is 11.5 Å². The van der Waals surface area contributed by atoms with Crippen molar-refractivity contribution in [2.75, 3.05) is 6.26 Å². The van der Waals surface area contributed by atoms with Crippen LogP contribution in [0.1, 0.15) is 11.1 Å². The largest absolute Gasteiger partial charge is 0.457 e. The number of hydrogen-bond donors (Lipinski definition) is 2. The van der Waals surface area contributed by atoms with E-state index in [4.69, 9.17) is 15.9 Å². The first-order valence-corrected chi connectivity index (χ1v) is 8.09. The van der Waals surface area contributed by atoms with Crippen LogP contribution in [0.3, 0.4) is 0 Å². The second-order valence-electron chi connectivity index (χ2n) is 4.76. The van der Waals surface area contributed by atoms with E-state index in [1.807, 2.05) is 13.0 Å². The predicted molar refractivity (Wildman–Crippen MR) is 81.8 cm³/mol. The SMILES string of the molecule is Cc1ccc(C(=N)N)c(Oc2ccc(S(C)(=O)=O)cc2)c1. The summed E-state index contributed by atoms with van der Waals surface area (Å²) in [4.78, 5) is 0.228. The van der Waals surface area contributed by atoms with Crippen LogP contribution in [0.2, 0.25) is 0 Å². The lowest BCUT2D eigenvalue weighted by Gasteiger charge is -2.11. The molecule has 0 aliphatic carbocycles. The Hall–Kier alpha value is -2.34. The molecule has 21 heavy (non-hydrogen) atoms. The van der Waals surface area contributed by atoms with Crippen LogP contribution in [0.25, 0.3) is 0 Å². The third-order valence-electron chi connectivity index (χ3n) is 2.91. The van der Waals surface area contributed by atoms with Gasteiger partial charge in [-0.1, -0.05) is 6.07 Å². The van der Waals surface area contributed by atoms with Gasteiger partial charge in [-0.3, -0.25) is 5.41 Å². The molecule has 0 amide bonds. The highest BCUT2D eigenvalue weighted by Crippen LogP contribution is 2.27. The Kier molecular flexibility index (Phi) is 3.99. The van der Waals surface area contributed by atoms with E-state index in [0.29, 0.717) is 17.1 Å². The monoisotopic (exact) mass is 304 g/mol. The van der Waals surface area contributed by atoms with Gasteiger partial charge in [0.1, 0.15) is 17.3 Å². The fourth-order valence-corrected chi connectivity index (χ4v) is 2.45. The third-order valence-corrected chi connectivity index (χ3v) is 4.04. The molecule has 2 aromatic rings. The van der Waals surface area contributed by atoms with E-state index in [1.54, 1.807) is 24.3 Å². The Morgan fingerprint density at radius 2 is 1.76 bits per heavy atom. The van der Waals surface area contributed by atoms with Crippen LogP contribution in [-0.2, 0) is 9.84 Å². The number of benzene rings is 2. The molecular formula is C15H16N2O3S. The third kappa shape index (κ3) is 3.61. The molecule has 0 unspecified atom stereocenters. The van der Waals surface area contributed by atoms with Gasteiger partial charge in [0.05, 0.1) is 10.5 Å². The number of rotatable bonds is 4. The summed E-state index contributed by atoms with van der Waals surface area (Å²) in [5.41, 5.74) is 6.99. The minimum absolute atomic E-state index is 0.0854. The topological polar surface area (TPSA) is 93.2 Å². The Morgan fingerprint density at radius 1 is 1.14 bits per heavy atom. The summed E-state index contributed by atoms with van der Waals surface area (Å²) in [5, 5.41) is 7.55. The van der Waals surface area contributed by atoms with Crippen LogP contribution in [0.5, 0.6) is 11.5 Å². The van der Waals surface area contributed by atoms with E-state index < -0.39 is 9.84 Å². The van der Waals surface area contributed by atoms with Gasteiger partial charge in [0, 0.05) is 6.26 Å². The van der Waals surface area contributed by atoms with Crippen molar-refractivity contribution in [2.24, 2.45) is 5.73 Å². The van der Waals surface area contributed by atoms with Crippen LogP contribution < -0.4 is 10.5 Å². The highest BCUT2D eigenvalue weighted by Gasteiger charge is 2.10. The van der Waals surface area contributed by atoms with Crippen molar-refractivity contribution in [1.29, 1.82) is 5.41 Å². The van der Waals surface area contributed by atoms with Gasteiger partial charge < -0.3 is 10.5 Å². The predicted octanol–water partition coefficient (Wildman–Crippen LogP) is 2.47. The Morgan fingerprint density at radius 3 is 2.29 bits per heavy atom. The zero-order chi connectivity index (χ0) is 15.6. The molecule has 2 aromatic carbocycles. The highest BCUT2D eigenvalue weighted by atomic mass is 32.2. The van der Waals surface area contributed by atoms with Crippen molar-refractivity contribution in [3.05, 3.63) is 53.6 Å². The molecule has 0 spiro atoms. The van der Waals surface area contributed by atoms with Gasteiger partial charge in [0.2, 0.25) is 0 Å². The Balaban J connectivity index is 2.34. The van der Waals surface area contributed by atoms with E-state index in [2.05, 4.69) is 0 Å². The summed E-state index contributed by atoms with van der Waals surface area (Å²) in [6.07, 6.45) is 1.15. The molecule has 5 nitrogen and oxygen atoms in total. The second kappa shape index (κ2) is 5.57. The van der Waals surface area contributed by atoms with Crippen LogP contribution in [0, 0.1) is 12.3 Å². The lowest BCUT2D eigenvalue weighted by molar-refractivity contribution is 0.480. The van der Waals surface area contributed by atoms with Crippen LogP contribution >= 0.6 is 0 Å². The zero-order valence-electron chi connectivity index (χ0n) is 11.8. The minimum Gasteiger partial charge on any atom is -0.457 e. The molecule has 110 valence electrons. The van der Waals surface area contributed by atoms with Gasteiger partial charge in [-0.15, -0.1) is 0 Å². The van der Waals surface area contributed by atoms with Gasteiger partial charge in [0.25, 0.3) is 0 Å². The summed E-state index contributed by atoms with van der Waals surface area (Å²) in [6, 6.07) is 11.4. The molecule has 0 aromatic heterocycles. The Bertz CT molecular complexity index is 781. The van der Waals surface area contributed by atoms with Gasteiger partial charge >= 0.3 is 0 Å². The fraction of sp³-hybridized carbons (Fsp3) is 0.133. The quantitative estimate of drug-likeness (QED) is 0.670. The van der Waals surface area contributed by atoms with Crippen molar-refractivity contribution >= 4 is 15.7 Å². The molecule has 0 aliphatic rings. The average Bonchev–Trinajstić information content (AvgIpc) is 2.38. The number of ether oxygens (including phenoxy) is 1. The molecule has 3 N–H and O–H groups in total. The first-order valence-electron chi connectivity index (χ1n) is 6.20. The lowest BCUT2D eigenvalue weighted by Crippen LogP contribution is -2.12. The molecule has 0 aliphatic heterocycles. The molecule has 2 rings (SSSR count). The van der Waals surface area contributed by atoms with Gasteiger partial charge in [-0.25, -0.2) is 8.42 Å². The van der Waals surface area contributed by atoms with Crippen LogP contribution in [0.4, 0.5) is 0 Å². The number of nitrogens with one attached hydrogen (secondary N) is 1. The van der Waals surface area contributed by atoms with Gasteiger partial charge in [0.15, 0.2) is 9.84 Å². The van der Waals surface area contributed by atoms with Crippen LogP contribution in [0.15, 0.2) is 47.4 Å². The maximum absolute atomic E-state index is 11.4. The first kappa shape index (κ1) is 15.1. The fourth-order valence-electron chi connectivity index (χ4n) is 1.82. The van der Waals surface area contributed by atoms with E-state index in [9.17, 15) is 8.42 Å². The molecule has 0 radical (unpaired) electrons. The molecule has 0 atom stereocenters. The molecular weight excluding hydrogens is 288 g/mol. The molecule has 0 saturated carbocycles. The number of amidine groups is 1. The standard InChI is InChI=1S/C15H16N2O3S/c1-10-3-8-13(15(16)17)14(9-10)20-11-4-6-12(7-5-11)21(2,18)19/h3-9H,1-2H3,(H3,16,17). The lowest BCUT2D eigenvalue weighted by atomic mass is 10.1. The molecule has 0 bridgehead atoms. The van der Waals surface area contributed by atoms with Gasteiger partial charge in [-0.05, 0) is 48.9 Å². The maximum atomic E-state index is 11.4. The van der Waals surface area contributed by atoms with Crippen LogP contribution in [-0.4, -0.2) is 20.5 Å². The van der Waals surface area contributed by atoms with Crippen molar-refractivity contribution in [3.63, 3.8) is 0 Å². The maximum Gasteiger partial charge on any atom is 0.175 e. The van der Waals surface area contributed by atoms with Crippen molar-refractivity contribution < 1.29 is 13.2 Å². The number of aryl methyl sites for hydroxylation is 1. The first-order chi connectivity index (χ1) is 9.77. The van der Waals surface area contributed by atoms with E-state index in [1.165, 1.54) is 12.1 Å². The van der Waals surface area contributed by atoms with E-state index in [0.717, 1.165) is 11.8 Å². The molecule has 0 saturated heterocycles. The van der Waals surface area contributed by atoms with E-state index >= 15 is 0 Å². The minimum atomic E-state index is -3.23. The second-order valence-corrected chi connectivity index (χ2v) is 6.77. The summed E-state index contributed by atoms with van der Waals surface area (Å²) in [7, 11) is -3.23. The summed E-state index contributed by atoms with van der Waals surface area (Å²) >= 11 is 0. The summed E-state index contributed by atoms with van der Waals surface area (Å²) in [6.45, 7) is 1.91. The van der Waals surface area contributed by atoms with Crippen molar-refractivity contribution in [1.82, 2.24) is 0 Å². The van der Waals surface area contributed by atoms with Crippen molar-refractivity contribution in [2.45, 2.75) is 11.8 Å². The molecule has 0 fully saturated rings. The van der Waals surface area contributed by atoms with E-state index in [-0.39, 0.29) is 10.7 Å². The average molecular weight is 304 g/mol. The summed E-state index contributed by atoms with van der Waals surface area (Å²) < 4.78 is 28.5. The Labute approximate surface area is 123 Å². The van der Waals surface area contributed by atoms with Gasteiger partial charge in [-0.2, -0.15) is 0 Å². The normalized spacial score (nSPS) is 11.1. The molecule has 6 heteroatoms. The number of hydrogen-bond acceptors (Lipinski definition) is 4. The number of nitrogen functional groups attached to an aromatic ring is 1. The molecule has 0 heterocycles. The highest BCUT2D eigenvalue weighted by molar-refractivity contribution is 7.90. The smallest absolute Gasteiger partial charge is 0.175 e. The number of nitrogens with two attached hydrogens (primary N) is 1. The zero-order valence-corrected chi connectivity index (χ0v) is 12.6. The number of sulfone groups is 1.